The number of hydrogen-bond donors (Lipinski definition) is 3. The number of likely N-dealkylation sites (tertiary alicyclic amines) is 1. The molecule has 14 heteroatoms. The average molecular weight is 682 g/mol. The molecule has 3 N–H and O–H groups in total. The molecular formula is C35H51N7O7. The fourth-order valence-corrected chi connectivity index (χ4v) is 6.51. The number of ether oxygens (including phenoxy) is 3. The van der Waals surface area contributed by atoms with E-state index in [1.54, 1.807) is 40.9 Å². The van der Waals surface area contributed by atoms with Crippen LogP contribution in [0.4, 0.5) is 16.6 Å². The molecule has 2 saturated heterocycles. The van der Waals surface area contributed by atoms with Gasteiger partial charge in [-0.25, -0.2) is 9.78 Å². The van der Waals surface area contributed by atoms with Crippen LogP contribution in [0.3, 0.4) is 0 Å². The number of nitrogens with zero attached hydrogens (tertiary/aromatic N) is 5. The summed E-state index contributed by atoms with van der Waals surface area (Å²) in [5.41, 5.74) is 1.30. The molecule has 14 nitrogen and oxygen atoms in total. The number of benzene rings is 1. The van der Waals surface area contributed by atoms with Gasteiger partial charge in [-0.05, 0) is 82.6 Å². The van der Waals surface area contributed by atoms with Crippen LogP contribution in [-0.2, 0) is 27.2 Å². The average Bonchev–Trinajstić information content (AvgIpc) is 3.08. The van der Waals surface area contributed by atoms with Crippen molar-refractivity contribution in [3.05, 3.63) is 41.1 Å². The molecule has 0 radical (unpaired) electrons. The number of aromatic nitrogens is 2. The van der Waals surface area contributed by atoms with Crippen LogP contribution in [0.1, 0.15) is 81.4 Å². The third-order valence-electron chi connectivity index (χ3n) is 9.13. The molecule has 0 aliphatic carbocycles. The van der Waals surface area contributed by atoms with Crippen LogP contribution in [0, 0.1) is 0 Å². The van der Waals surface area contributed by atoms with Gasteiger partial charge in [-0.2, -0.15) is 4.98 Å². The molecular weight excluding hydrogens is 630 g/mol. The monoisotopic (exact) mass is 681 g/mol. The van der Waals surface area contributed by atoms with Gasteiger partial charge in [0.25, 0.3) is 5.91 Å². The lowest BCUT2D eigenvalue weighted by Gasteiger charge is -2.40. The fraction of sp³-hybridized carbons (Fsp3) is 0.629. The second-order valence-electron chi connectivity index (χ2n) is 14.0. The summed E-state index contributed by atoms with van der Waals surface area (Å²) in [6.45, 7) is 10.1. The smallest absolute Gasteiger partial charge is 0.410 e. The molecule has 3 amide bonds. The van der Waals surface area contributed by atoms with Gasteiger partial charge in [0.15, 0.2) is 6.79 Å². The van der Waals surface area contributed by atoms with Crippen LogP contribution in [0.25, 0.3) is 0 Å². The van der Waals surface area contributed by atoms with Gasteiger partial charge in [-0.1, -0.05) is 6.07 Å². The van der Waals surface area contributed by atoms with Crippen molar-refractivity contribution in [2.75, 3.05) is 56.8 Å². The first-order valence-corrected chi connectivity index (χ1v) is 17.3. The van der Waals surface area contributed by atoms with Crippen LogP contribution >= 0.6 is 0 Å². The number of fused-ring (bicyclic) bond motifs is 1. The van der Waals surface area contributed by atoms with E-state index in [9.17, 15) is 19.5 Å². The van der Waals surface area contributed by atoms with Gasteiger partial charge in [0.1, 0.15) is 22.9 Å². The van der Waals surface area contributed by atoms with E-state index in [4.69, 9.17) is 19.2 Å². The van der Waals surface area contributed by atoms with Crippen LogP contribution in [-0.4, -0.2) is 113 Å². The first kappa shape index (κ1) is 36.1. The topological polar surface area (TPSA) is 159 Å². The van der Waals surface area contributed by atoms with E-state index in [0.717, 1.165) is 56.3 Å². The number of carbonyl (C=O) groups excluding carboxylic acids is 3. The Kier molecular flexibility index (Phi) is 11.8. The molecule has 5 rings (SSSR count). The number of aliphatic hydroxyl groups excluding tert-OH is 1. The van der Waals surface area contributed by atoms with Gasteiger partial charge in [-0.15, -0.1) is 0 Å². The molecule has 3 aliphatic heterocycles. The summed E-state index contributed by atoms with van der Waals surface area (Å²) < 4.78 is 16.3. The Labute approximate surface area is 288 Å². The van der Waals surface area contributed by atoms with Crippen molar-refractivity contribution in [2.24, 2.45) is 0 Å². The van der Waals surface area contributed by atoms with Gasteiger partial charge in [-0.3, -0.25) is 14.5 Å². The van der Waals surface area contributed by atoms with Crippen LogP contribution in [0.2, 0.25) is 0 Å². The third kappa shape index (κ3) is 9.72. The summed E-state index contributed by atoms with van der Waals surface area (Å²) in [7, 11) is 1.55. The second kappa shape index (κ2) is 16.0. The highest BCUT2D eigenvalue weighted by Gasteiger charge is 2.37. The van der Waals surface area contributed by atoms with E-state index in [1.165, 1.54) is 4.90 Å². The van der Waals surface area contributed by atoms with Gasteiger partial charge in [0.05, 0.1) is 12.1 Å². The van der Waals surface area contributed by atoms with Crippen molar-refractivity contribution in [1.29, 1.82) is 0 Å². The fourth-order valence-electron chi connectivity index (χ4n) is 6.51. The summed E-state index contributed by atoms with van der Waals surface area (Å²) in [6, 6.07) is 6.74. The van der Waals surface area contributed by atoms with Crippen molar-refractivity contribution in [2.45, 2.75) is 96.6 Å². The maximum atomic E-state index is 13.6. The minimum Gasteiger partial charge on any atom is -0.468 e. The zero-order valence-corrected chi connectivity index (χ0v) is 29.4. The van der Waals surface area contributed by atoms with Crippen molar-refractivity contribution in [3.63, 3.8) is 0 Å². The van der Waals surface area contributed by atoms with Crippen molar-refractivity contribution >= 4 is 29.7 Å². The Hall–Kier alpha value is -4.17. The summed E-state index contributed by atoms with van der Waals surface area (Å²) in [5, 5.41) is 17.7. The normalized spacial score (nSPS) is 19.1. The zero-order chi connectivity index (χ0) is 35.1. The van der Waals surface area contributed by atoms with Gasteiger partial charge >= 0.3 is 6.09 Å². The molecule has 2 atom stereocenters. The van der Waals surface area contributed by atoms with Gasteiger partial charge in [0.2, 0.25) is 11.9 Å². The van der Waals surface area contributed by atoms with Crippen LogP contribution < -0.4 is 20.3 Å². The summed E-state index contributed by atoms with van der Waals surface area (Å²) in [4.78, 5) is 53.7. The van der Waals surface area contributed by atoms with E-state index in [1.807, 2.05) is 23.1 Å². The maximum Gasteiger partial charge on any atom is 0.410 e. The number of amides is 3. The number of aliphatic hydroxyl groups is 1. The molecule has 1 aromatic heterocycles. The van der Waals surface area contributed by atoms with E-state index in [2.05, 4.69) is 20.5 Å². The SMILES string of the molecule is COCOc1ccc2c(c1)CN(C(=O)OC(C)(C)C)[C@H]([C@H](O)CNC(=O)c1cc(N3CCCCC3)nc(NC3CCN(C(C)=O)CC3)n1)C2. The Bertz CT molecular complexity index is 1470. The van der Waals surface area contributed by atoms with Gasteiger partial charge < -0.3 is 39.8 Å². The first-order valence-electron chi connectivity index (χ1n) is 17.3. The zero-order valence-electron chi connectivity index (χ0n) is 29.4. The largest absolute Gasteiger partial charge is 0.468 e. The predicted octanol–water partition coefficient (Wildman–Crippen LogP) is 3.33. The minimum atomic E-state index is -1.10. The molecule has 268 valence electrons. The lowest BCUT2D eigenvalue weighted by Crippen LogP contribution is -2.54. The molecule has 0 unspecified atom stereocenters. The molecule has 1 aromatic carbocycles. The Balaban J connectivity index is 1.31. The van der Waals surface area contributed by atoms with Gasteiger partial charge in [0, 0.05) is 65.4 Å². The number of rotatable bonds is 10. The quantitative estimate of drug-likeness (QED) is 0.316. The molecule has 0 saturated carbocycles. The lowest BCUT2D eigenvalue weighted by molar-refractivity contribution is -0.129. The molecule has 0 spiro atoms. The van der Waals surface area contributed by atoms with E-state index >= 15 is 0 Å². The van der Waals surface area contributed by atoms with Crippen LogP contribution in [0.15, 0.2) is 24.3 Å². The van der Waals surface area contributed by atoms with Crippen molar-refractivity contribution in [1.82, 2.24) is 25.1 Å². The third-order valence-corrected chi connectivity index (χ3v) is 9.13. The van der Waals surface area contributed by atoms with Crippen LogP contribution in [0.5, 0.6) is 5.75 Å². The number of methoxy groups -OCH3 is 1. The van der Waals surface area contributed by atoms with E-state index in [-0.39, 0.29) is 37.5 Å². The predicted molar refractivity (Wildman–Crippen MR) is 184 cm³/mol. The molecule has 49 heavy (non-hydrogen) atoms. The summed E-state index contributed by atoms with van der Waals surface area (Å²) >= 11 is 0. The van der Waals surface area contributed by atoms with E-state index < -0.39 is 29.7 Å². The molecule has 3 aliphatic rings. The van der Waals surface area contributed by atoms with Crippen molar-refractivity contribution in [3.8, 4) is 5.75 Å². The number of piperidine rings is 2. The second-order valence-corrected chi connectivity index (χ2v) is 14.0. The van der Waals surface area contributed by atoms with E-state index in [0.29, 0.717) is 37.0 Å². The molecule has 4 heterocycles. The number of anilines is 2. The van der Waals surface area contributed by atoms with Crippen molar-refractivity contribution < 1.29 is 33.7 Å². The Morgan fingerprint density at radius 1 is 1.02 bits per heavy atom. The molecule has 2 aromatic rings. The molecule has 2 fully saturated rings. The highest BCUT2D eigenvalue weighted by atomic mass is 16.7. The number of carbonyl (C=O) groups is 3. The lowest BCUT2D eigenvalue weighted by atomic mass is 9.91. The summed E-state index contributed by atoms with van der Waals surface area (Å²) in [6.07, 6.45) is 3.47. The molecule has 0 bridgehead atoms. The standard InChI is InChI=1S/C35H51N7O7/c1-23(43)40-15-11-26(12-16-40)37-33-38-28(19-31(39-33)41-13-7-6-8-14-41)32(45)36-20-30(44)29-18-24-9-10-27(48-22-47-5)17-25(24)21-42(29)34(46)49-35(2,3)4/h9-10,17,19,26,29-30,44H,6-8,11-16,18,20-22H2,1-5H3,(H,36,45)(H,37,38,39)/t29-,30+/m0/s1. The number of nitrogens with one attached hydrogen (secondary N) is 2. The highest BCUT2D eigenvalue weighted by Crippen LogP contribution is 2.30. The number of hydrogen-bond acceptors (Lipinski definition) is 11. The first-order chi connectivity index (χ1) is 23.4. The Morgan fingerprint density at radius 3 is 2.43 bits per heavy atom. The highest BCUT2D eigenvalue weighted by molar-refractivity contribution is 5.93. The minimum absolute atomic E-state index is 0.0660. The summed E-state index contributed by atoms with van der Waals surface area (Å²) in [5.74, 6) is 1.27. The maximum absolute atomic E-state index is 13.6. The Morgan fingerprint density at radius 2 is 1.76 bits per heavy atom.